The Labute approximate surface area is 88.3 Å². The second-order valence-corrected chi connectivity index (χ2v) is 3.89. The third kappa shape index (κ3) is 1.44. The summed E-state index contributed by atoms with van der Waals surface area (Å²) < 4.78 is 2.51. The summed E-state index contributed by atoms with van der Waals surface area (Å²) in [6.45, 7) is 2.31. The number of fused-ring (bicyclic) bond motifs is 1. The average Bonchev–Trinajstić information content (AvgIpc) is 2.45. The molecule has 0 fully saturated rings. The van der Waals surface area contributed by atoms with E-state index in [2.05, 4.69) is 10.4 Å². The van der Waals surface area contributed by atoms with E-state index in [1.807, 2.05) is 22.6 Å². The lowest BCUT2D eigenvalue weighted by molar-refractivity contribution is 0.0688. The Kier molecular flexibility index (Phi) is 2.24. The Hall–Kier alpha value is -0.630. The van der Waals surface area contributed by atoms with Gasteiger partial charge in [-0.25, -0.2) is 4.79 Å². The van der Waals surface area contributed by atoms with Gasteiger partial charge in [-0.15, -0.1) is 0 Å². The van der Waals surface area contributed by atoms with Gasteiger partial charge in [0.1, 0.15) is 0 Å². The van der Waals surface area contributed by atoms with Gasteiger partial charge in [-0.05, 0) is 22.6 Å². The van der Waals surface area contributed by atoms with E-state index in [1.165, 1.54) is 0 Å². The van der Waals surface area contributed by atoms with Crippen molar-refractivity contribution in [1.82, 2.24) is 15.1 Å². The summed E-state index contributed by atoms with van der Waals surface area (Å²) in [5.74, 6) is -0.952. The van der Waals surface area contributed by atoms with E-state index in [0.717, 1.165) is 22.4 Å². The van der Waals surface area contributed by atoms with E-state index in [0.29, 0.717) is 6.54 Å². The van der Waals surface area contributed by atoms with Crippen molar-refractivity contribution in [2.24, 2.45) is 0 Å². The van der Waals surface area contributed by atoms with E-state index in [9.17, 15) is 4.79 Å². The number of hydrogen-bond donors (Lipinski definition) is 2. The first kappa shape index (κ1) is 8.95. The standard InChI is InChI=1S/C7H8IN3O2/c8-5-4-3-9-1-2-11(4)10-6(5)7(12)13/h9H,1-3H2,(H,12,13). The van der Waals surface area contributed by atoms with Gasteiger partial charge in [0.2, 0.25) is 0 Å². The van der Waals surface area contributed by atoms with Gasteiger partial charge in [0.25, 0.3) is 0 Å². The quantitative estimate of drug-likeness (QED) is 0.730. The van der Waals surface area contributed by atoms with E-state index in [4.69, 9.17) is 5.11 Å². The summed E-state index contributed by atoms with van der Waals surface area (Å²) in [7, 11) is 0. The van der Waals surface area contributed by atoms with Gasteiger partial charge >= 0.3 is 5.97 Å². The van der Waals surface area contributed by atoms with Crippen LogP contribution in [0.3, 0.4) is 0 Å². The number of aromatic carboxylic acids is 1. The molecule has 1 aromatic rings. The molecule has 0 aromatic carbocycles. The summed E-state index contributed by atoms with van der Waals surface area (Å²) in [4.78, 5) is 10.7. The number of carboxylic acids is 1. The highest BCUT2D eigenvalue weighted by atomic mass is 127. The number of carbonyl (C=O) groups is 1. The van der Waals surface area contributed by atoms with Gasteiger partial charge < -0.3 is 10.4 Å². The normalized spacial score (nSPS) is 15.5. The van der Waals surface area contributed by atoms with Crippen LogP contribution in [0.15, 0.2) is 0 Å². The van der Waals surface area contributed by atoms with Crippen molar-refractivity contribution in [2.45, 2.75) is 13.1 Å². The lowest BCUT2D eigenvalue weighted by atomic mass is 10.3. The van der Waals surface area contributed by atoms with Crippen LogP contribution in [0.25, 0.3) is 0 Å². The lowest BCUT2D eigenvalue weighted by Gasteiger charge is -2.14. The van der Waals surface area contributed by atoms with Crippen LogP contribution < -0.4 is 5.32 Å². The predicted molar refractivity (Wildman–Crippen MR) is 53.6 cm³/mol. The Bertz CT molecular complexity index is 361. The van der Waals surface area contributed by atoms with E-state index in [1.54, 1.807) is 4.68 Å². The van der Waals surface area contributed by atoms with Crippen molar-refractivity contribution < 1.29 is 9.90 Å². The molecular weight excluding hydrogens is 285 g/mol. The van der Waals surface area contributed by atoms with Crippen molar-refractivity contribution in [3.63, 3.8) is 0 Å². The fraction of sp³-hybridized carbons (Fsp3) is 0.429. The summed E-state index contributed by atoms with van der Waals surface area (Å²) in [5, 5.41) is 16.0. The van der Waals surface area contributed by atoms with Crippen LogP contribution in [0, 0.1) is 3.57 Å². The molecule has 70 valence electrons. The Balaban J connectivity index is 2.50. The molecule has 2 N–H and O–H groups in total. The molecule has 0 radical (unpaired) electrons. The number of aromatic nitrogens is 2. The number of nitrogens with one attached hydrogen (secondary N) is 1. The smallest absolute Gasteiger partial charge is 0.357 e. The van der Waals surface area contributed by atoms with Gasteiger partial charge in [0, 0.05) is 13.1 Å². The van der Waals surface area contributed by atoms with Crippen molar-refractivity contribution in [1.29, 1.82) is 0 Å². The van der Waals surface area contributed by atoms with Gasteiger partial charge in [-0.3, -0.25) is 4.68 Å². The Morgan fingerprint density at radius 2 is 2.46 bits per heavy atom. The van der Waals surface area contributed by atoms with Crippen molar-refractivity contribution >= 4 is 28.6 Å². The maximum absolute atomic E-state index is 10.7. The maximum Gasteiger partial charge on any atom is 0.357 e. The van der Waals surface area contributed by atoms with Gasteiger partial charge in [0.05, 0.1) is 15.8 Å². The highest BCUT2D eigenvalue weighted by Gasteiger charge is 2.21. The third-order valence-electron chi connectivity index (χ3n) is 1.99. The molecule has 0 aliphatic carbocycles. The van der Waals surface area contributed by atoms with Crippen LogP contribution in [0.2, 0.25) is 0 Å². The molecule has 0 spiro atoms. The highest BCUT2D eigenvalue weighted by molar-refractivity contribution is 14.1. The zero-order valence-electron chi connectivity index (χ0n) is 6.75. The lowest BCUT2D eigenvalue weighted by Crippen LogP contribution is -2.28. The first-order chi connectivity index (χ1) is 6.20. The van der Waals surface area contributed by atoms with Crippen LogP contribution in [-0.4, -0.2) is 27.4 Å². The molecule has 0 saturated heterocycles. The third-order valence-corrected chi connectivity index (χ3v) is 3.12. The molecule has 1 aromatic heterocycles. The molecule has 0 amide bonds. The van der Waals surface area contributed by atoms with Crippen molar-refractivity contribution in [3.05, 3.63) is 15.0 Å². The van der Waals surface area contributed by atoms with Crippen LogP contribution in [-0.2, 0) is 13.1 Å². The largest absolute Gasteiger partial charge is 0.476 e. The SMILES string of the molecule is O=C(O)c1nn2c(c1I)CNCC2. The van der Waals surface area contributed by atoms with Gasteiger partial charge in [0.15, 0.2) is 5.69 Å². The number of hydrogen-bond acceptors (Lipinski definition) is 3. The molecule has 13 heavy (non-hydrogen) atoms. The molecule has 0 unspecified atom stereocenters. The molecule has 2 heterocycles. The molecule has 5 nitrogen and oxygen atoms in total. The van der Waals surface area contributed by atoms with Crippen LogP contribution in [0.1, 0.15) is 16.2 Å². The molecular formula is C7H8IN3O2. The molecule has 2 rings (SSSR count). The monoisotopic (exact) mass is 293 g/mol. The second-order valence-electron chi connectivity index (χ2n) is 2.81. The molecule has 1 aliphatic rings. The van der Waals surface area contributed by atoms with Gasteiger partial charge in [-0.1, -0.05) is 0 Å². The summed E-state index contributed by atoms with van der Waals surface area (Å²) in [6.07, 6.45) is 0. The number of nitrogens with zero attached hydrogens (tertiary/aromatic N) is 2. The van der Waals surface area contributed by atoms with Crippen LogP contribution in [0.4, 0.5) is 0 Å². The fourth-order valence-corrected chi connectivity index (χ4v) is 2.16. The minimum absolute atomic E-state index is 0.166. The van der Waals surface area contributed by atoms with Crippen molar-refractivity contribution in [3.8, 4) is 0 Å². The zero-order chi connectivity index (χ0) is 9.42. The van der Waals surface area contributed by atoms with Crippen molar-refractivity contribution in [2.75, 3.05) is 6.54 Å². The molecule has 0 saturated carbocycles. The zero-order valence-corrected chi connectivity index (χ0v) is 8.91. The maximum atomic E-state index is 10.7. The summed E-state index contributed by atoms with van der Waals surface area (Å²) in [5.41, 5.74) is 1.14. The van der Waals surface area contributed by atoms with E-state index < -0.39 is 5.97 Å². The molecule has 1 aliphatic heterocycles. The van der Waals surface area contributed by atoms with Gasteiger partial charge in [-0.2, -0.15) is 5.10 Å². The summed E-state index contributed by atoms with van der Waals surface area (Å²) in [6, 6.07) is 0. The number of halogens is 1. The minimum atomic E-state index is -0.952. The molecule has 0 atom stereocenters. The minimum Gasteiger partial charge on any atom is -0.476 e. The first-order valence-corrected chi connectivity index (χ1v) is 4.97. The number of rotatable bonds is 1. The predicted octanol–water partition coefficient (Wildman–Crippen LogP) is 0.289. The molecule has 0 bridgehead atoms. The van der Waals surface area contributed by atoms with E-state index >= 15 is 0 Å². The van der Waals surface area contributed by atoms with E-state index in [-0.39, 0.29) is 5.69 Å². The van der Waals surface area contributed by atoms with Crippen LogP contribution >= 0.6 is 22.6 Å². The topological polar surface area (TPSA) is 67.1 Å². The Morgan fingerprint density at radius 3 is 3.08 bits per heavy atom. The summed E-state index contributed by atoms with van der Waals surface area (Å²) >= 11 is 2.03. The second kappa shape index (κ2) is 3.26. The fourth-order valence-electron chi connectivity index (χ4n) is 1.36. The Morgan fingerprint density at radius 1 is 1.69 bits per heavy atom. The molecule has 6 heteroatoms. The first-order valence-electron chi connectivity index (χ1n) is 3.89. The average molecular weight is 293 g/mol. The number of carboxylic acid groups (broad SMARTS) is 1. The van der Waals surface area contributed by atoms with Crippen LogP contribution in [0.5, 0.6) is 0 Å². The highest BCUT2D eigenvalue weighted by Crippen LogP contribution is 2.18.